The zero-order chi connectivity index (χ0) is 10.0. The molecule has 0 fully saturated rings. The average Bonchev–Trinajstić information content (AvgIpc) is 2.03. The second-order valence-electron chi connectivity index (χ2n) is 2.22. The van der Waals surface area contributed by atoms with Crippen molar-refractivity contribution >= 4 is 11.7 Å². The minimum atomic E-state index is -1.46. The first-order valence-electron chi connectivity index (χ1n) is 3.21. The van der Waals surface area contributed by atoms with Crippen LogP contribution in [-0.4, -0.2) is 16.0 Å². The Labute approximate surface area is 72.2 Å². The lowest BCUT2D eigenvalue weighted by Gasteiger charge is -2.08. The van der Waals surface area contributed by atoms with Gasteiger partial charge in [-0.2, -0.15) is 0 Å². The number of carboxylic acid groups (broad SMARTS) is 1. The molecule has 0 aliphatic heterocycles. The lowest BCUT2D eigenvalue weighted by atomic mass is 10.2. The molecule has 68 valence electrons. The van der Waals surface area contributed by atoms with Gasteiger partial charge in [0.1, 0.15) is 0 Å². The van der Waals surface area contributed by atoms with E-state index in [0.29, 0.717) is 0 Å². The summed E-state index contributed by atoms with van der Waals surface area (Å²) in [5, 5.41) is 29.7. The highest BCUT2D eigenvalue weighted by atomic mass is 16.6. The van der Waals surface area contributed by atoms with E-state index in [1.54, 1.807) is 0 Å². The van der Waals surface area contributed by atoms with Crippen LogP contribution >= 0.6 is 0 Å². The van der Waals surface area contributed by atoms with E-state index in [4.69, 9.17) is 5.11 Å². The molecule has 1 aromatic rings. The third kappa shape index (κ3) is 1.56. The van der Waals surface area contributed by atoms with Crippen LogP contribution in [0.15, 0.2) is 18.2 Å². The van der Waals surface area contributed by atoms with Crippen LogP contribution in [0.25, 0.3) is 0 Å². The molecule has 0 aliphatic rings. The summed E-state index contributed by atoms with van der Waals surface area (Å²) in [6.45, 7) is 0. The molecule has 0 amide bonds. The maximum atomic E-state index is 11.0. The Bertz CT molecular complexity index is 341. The molecule has 0 bridgehead atoms. The number of nitro groups is 1. The zero-order valence-electron chi connectivity index (χ0n) is 6.26. The first-order valence-corrected chi connectivity index (χ1v) is 3.21. The Morgan fingerprint density at radius 3 is 2.54 bits per heavy atom. The van der Waals surface area contributed by atoms with E-state index in [9.17, 15) is 20.0 Å². The van der Waals surface area contributed by atoms with E-state index in [0.717, 1.165) is 18.2 Å². The topological polar surface area (TPSA) is 104 Å². The van der Waals surface area contributed by atoms with E-state index >= 15 is 0 Å². The number of nitro benzene ring substituents is 1. The fourth-order valence-corrected chi connectivity index (χ4v) is 0.837. The highest BCUT2D eigenvalue weighted by Crippen LogP contribution is 2.26. The molecule has 6 heteroatoms. The summed E-state index contributed by atoms with van der Waals surface area (Å²) in [4.78, 5) is 19.7. The molecule has 0 spiro atoms. The molecule has 1 aromatic carbocycles. The largest absolute Gasteiger partial charge is 0.867 e. The van der Waals surface area contributed by atoms with Gasteiger partial charge in [0.25, 0.3) is 5.69 Å². The lowest BCUT2D eigenvalue weighted by molar-refractivity contribution is -0.398. The molecule has 0 aromatic heterocycles. The Morgan fingerprint density at radius 1 is 1.46 bits per heavy atom. The molecule has 0 aliphatic carbocycles. The van der Waals surface area contributed by atoms with Crippen molar-refractivity contribution in [1.82, 2.24) is 0 Å². The molecule has 0 atom stereocenters. The molecular weight excluding hydrogens is 178 g/mol. The summed E-state index contributed by atoms with van der Waals surface area (Å²) in [5.41, 5.74) is -1.31. The van der Waals surface area contributed by atoms with Crippen LogP contribution in [-0.2, 0) is 0 Å². The number of aromatic carboxylic acids is 1. The van der Waals surface area contributed by atoms with E-state index < -0.39 is 27.9 Å². The van der Waals surface area contributed by atoms with Crippen LogP contribution in [0.2, 0.25) is 0 Å². The van der Waals surface area contributed by atoms with Crippen LogP contribution in [0, 0.1) is 10.1 Å². The van der Waals surface area contributed by atoms with Gasteiger partial charge < -0.3 is 10.2 Å². The summed E-state index contributed by atoms with van der Waals surface area (Å²) in [6, 6.07) is 3.15. The van der Waals surface area contributed by atoms with Crippen molar-refractivity contribution in [3.8, 4) is 5.75 Å². The number of nitrogens with zero attached hydrogens (tertiary/aromatic N) is 1. The molecule has 0 radical (unpaired) electrons. The molecule has 0 unspecified atom stereocenters. The average molecular weight is 182 g/mol. The van der Waals surface area contributed by atoms with Crippen LogP contribution in [0.5, 0.6) is 5.75 Å². The summed E-state index contributed by atoms with van der Waals surface area (Å²) in [6.07, 6.45) is 0. The maximum absolute atomic E-state index is 11.0. The minimum absolute atomic E-state index is 0.589. The molecule has 13 heavy (non-hydrogen) atoms. The van der Waals surface area contributed by atoms with Crippen molar-refractivity contribution in [1.29, 1.82) is 0 Å². The van der Waals surface area contributed by atoms with Gasteiger partial charge in [-0.1, -0.05) is 6.07 Å². The molecule has 1 rings (SSSR count). The Hall–Kier alpha value is -2.11. The van der Waals surface area contributed by atoms with Gasteiger partial charge in [0.2, 0.25) is 0 Å². The smallest absolute Gasteiger partial charge is 0.335 e. The molecule has 1 N–H and O–H groups in total. The minimum Gasteiger partial charge on any atom is -0.867 e. The van der Waals surface area contributed by atoms with Crippen molar-refractivity contribution in [2.75, 3.05) is 0 Å². The van der Waals surface area contributed by atoms with Gasteiger partial charge in [0.05, 0.1) is 10.5 Å². The quantitative estimate of drug-likeness (QED) is 0.525. The van der Waals surface area contributed by atoms with Crippen molar-refractivity contribution in [3.63, 3.8) is 0 Å². The van der Waals surface area contributed by atoms with Gasteiger partial charge in [-0.15, -0.1) is 0 Å². The Kier molecular flexibility index (Phi) is 2.14. The highest BCUT2D eigenvalue weighted by molar-refractivity contribution is 5.92. The van der Waals surface area contributed by atoms with Crippen molar-refractivity contribution in [2.24, 2.45) is 0 Å². The van der Waals surface area contributed by atoms with Crippen molar-refractivity contribution in [3.05, 3.63) is 33.9 Å². The lowest BCUT2D eigenvalue weighted by Crippen LogP contribution is -2.06. The standard InChI is InChI=1S/C7H5NO5/c9-6-4(7(10)11)2-1-3-5(6)8(12)13/h1-3,9H,(H,10,11)/p-1. The van der Waals surface area contributed by atoms with Gasteiger partial charge in [-0.05, 0) is 11.8 Å². The summed E-state index contributed by atoms with van der Waals surface area (Å²) in [7, 11) is 0. The second-order valence-corrected chi connectivity index (χ2v) is 2.22. The summed E-state index contributed by atoms with van der Waals surface area (Å²) < 4.78 is 0. The predicted molar refractivity (Wildman–Crippen MR) is 39.5 cm³/mol. The monoisotopic (exact) mass is 182 g/mol. The van der Waals surface area contributed by atoms with Gasteiger partial charge in [0, 0.05) is 6.07 Å². The van der Waals surface area contributed by atoms with Gasteiger partial charge in [0.15, 0.2) is 0 Å². The highest BCUT2D eigenvalue weighted by Gasteiger charge is 2.12. The Morgan fingerprint density at radius 2 is 2.08 bits per heavy atom. The van der Waals surface area contributed by atoms with Crippen LogP contribution in [0.3, 0.4) is 0 Å². The van der Waals surface area contributed by atoms with Crippen LogP contribution < -0.4 is 5.11 Å². The normalized spacial score (nSPS) is 9.54. The van der Waals surface area contributed by atoms with E-state index in [2.05, 4.69) is 0 Å². The summed E-state index contributed by atoms with van der Waals surface area (Å²) >= 11 is 0. The fraction of sp³-hybridized carbons (Fsp3) is 0. The molecule has 6 nitrogen and oxygen atoms in total. The number of rotatable bonds is 2. The molecular formula is C7H4NO5-. The Balaban J connectivity index is 3.35. The first kappa shape index (κ1) is 8.98. The fourth-order valence-electron chi connectivity index (χ4n) is 0.837. The van der Waals surface area contributed by atoms with Crippen LogP contribution in [0.1, 0.15) is 10.4 Å². The number of para-hydroxylation sites is 1. The van der Waals surface area contributed by atoms with E-state index in [1.807, 2.05) is 0 Å². The van der Waals surface area contributed by atoms with Gasteiger partial charge in [-0.25, -0.2) is 4.79 Å². The number of benzene rings is 1. The predicted octanol–water partition coefficient (Wildman–Crippen LogP) is 0.367. The third-order valence-electron chi connectivity index (χ3n) is 1.42. The van der Waals surface area contributed by atoms with Crippen molar-refractivity contribution in [2.45, 2.75) is 0 Å². The van der Waals surface area contributed by atoms with Crippen molar-refractivity contribution < 1.29 is 19.9 Å². The van der Waals surface area contributed by atoms with Crippen LogP contribution in [0.4, 0.5) is 5.69 Å². The third-order valence-corrected chi connectivity index (χ3v) is 1.42. The number of carboxylic acids is 1. The SMILES string of the molecule is O=C(O)c1cccc([N+](=O)[O-])c1[O-]. The molecule has 0 saturated carbocycles. The number of hydrogen-bond donors (Lipinski definition) is 1. The number of carbonyl (C=O) groups is 1. The van der Waals surface area contributed by atoms with Gasteiger partial charge in [-0.3, -0.25) is 10.1 Å². The summed E-state index contributed by atoms with van der Waals surface area (Å²) in [5.74, 6) is -2.53. The van der Waals surface area contributed by atoms with E-state index in [-0.39, 0.29) is 0 Å². The molecule has 0 saturated heterocycles. The van der Waals surface area contributed by atoms with Gasteiger partial charge >= 0.3 is 5.97 Å². The number of hydrogen-bond acceptors (Lipinski definition) is 4. The first-order chi connectivity index (χ1) is 6.04. The van der Waals surface area contributed by atoms with E-state index in [1.165, 1.54) is 0 Å². The maximum Gasteiger partial charge on any atom is 0.335 e. The zero-order valence-corrected chi connectivity index (χ0v) is 6.26. The second kappa shape index (κ2) is 3.10. The molecule has 0 heterocycles.